The minimum atomic E-state index is -0.402. The van der Waals surface area contributed by atoms with Crippen molar-refractivity contribution in [3.05, 3.63) is 59.5 Å². The zero-order chi connectivity index (χ0) is 14.8. The Morgan fingerprint density at radius 1 is 1.19 bits per heavy atom. The fourth-order valence-corrected chi connectivity index (χ4v) is 2.09. The molecule has 0 fully saturated rings. The first-order chi connectivity index (χ1) is 10.2. The van der Waals surface area contributed by atoms with Crippen molar-refractivity contribution >= 4 is 11.6 Å². The summed E-state index contributed by atoms with van der Waals surface area (Å²) >= 11 is 0. The summed E-state index contributed by atoms with van der Waals surface area (Å²) in [6, 6.07) is 10.3. The SMILES string of the molecule is COC(=O)c1ccc2nnc(Cc3ccc(O)cc3)n2c1. The number of ether oxygens (including phenoxy) is 1. The first-order valence-electron chi connectivity index (χ1n) is 6.37. The second-order valence-corrected chi connectivity index (χ2v) is 4.60. The van der Waals surface area contributed by atoms with Crippen LogP contribution in [0, 0.1) is 0 Å². The van der Waals surface area contributed by atoms with E-state index in [1.807, 2.05) is 12.1 Å². The summed E-state index contributed by atoms with van der Waals surface area (Å²) in [5, 5.41) is 17.5. The number of phenols is 1. The summed E-state index contributed by atoms with van der Waals surface area (Å²) in [5.74, 6) is 0.528. The maximum absolute atomic E-state index is 11.6. The fraction of sp³-hybridized carbons (Fsp3) is 0.133. The van der Waals surface area contributed by atoms with E-state index in [-0.39, 0.29) is 5.75 Å². The van der Waals surface area contributed by atoms with Crippen LogP contribution in [0.1, 0.15) is 21.7 Å². The number of carbonyl (C=O) groups excluding carboxylic acids is 1. The molecule has 0 saturated carbocycles. The van der Waals surface area contributed by atoms with Gasteiger partial charge in [-0.15, -0.1) is 10.2 Å². The normalized spacial score (nSPS) is 10.7. The van der Waals surface area contributed by atoms with Crippen molar-refractivity contribution in [2.45, 2.75) is 6.42 Å². The third kappa shape index (κ3) is 2.55. The highest BCUT2D eigenvalue weighted by atomic mass is 16.5. The molecular formula is C15H13N3O3. The predicted octanol–water partition coefficient (Wildman–Crippen LogP) is 1.81. The van der Waals surface area contributed by atoms with Gasteiger partial charge in [0.15, 0.2) is 5.65 Å². The number of carbonyl (C=O) groups is 1. The lowest BCUT2D eigenvalue weighted by atomic mass is 10.1. The molecule has 0 saturated heterocycles. The number of phenolic OH excluding ortho intramolecular Hbond substituents is 1. The van der Waals surface area contributed by atoms with Crippen LogP contribution >= 0.6 is 0 Å². The van der Waals surface area contributed by atoms with E-state index in [0.717, 1.165) is 5.56 Å². The zero-order valence-electron chi connectivity index (χ0n) is 11.4. The molecule has 2 heterocycles. The van der Waals surface area contributed by atoms with E-state index in [4.69, 9.17) is 4.74 Å². The van der Waals surface area contributed by atoms with Gasteiger partial charge in [-0.05, 0) is 29.8 Å². The van der Waals surface area contributed by atoms with Gasteiger partial charge in [0.05, 0.1) is 12.7 Å². The van der Waals surface area contributed by atoms with Crippen LogP contribution in [0.3, 0.4) is 0 Å². The van der Waals surface area contributed by atoms with Gasteiger partial charge in [-0.25, -0.2) is 4.79 Å². The molecule has 6 heteroatoms. The molecule has 3 rings (SSSR count). The Bertz CT molecular complexity index is 794. The number of fused-ring (bicyclic) bond motifs is 1. The number of aromatic hydroxyl groups is 1. The molecule has 0 aliphatic carbocycles. The molecule has 1 aromatic carbocycles. The number of aromatic nitrogens is 3. The van der Waals surface area contributed by atoms with Crippen LogP contribution in [0.5, 0.6) is 5.75 Å². The van der Waals surface area contributed by atoms with Crippen LogP contribution in [0.4, 0.5) is 0 Å². The zero-order valence-corrected chi connectivity index (χ0v) is 11.4. The van der Waals surface area contributed by atoms with Crippen LogP contribution in [-0.4, -0.2) is 32.8 Å². The lowest BCUT2D eigenvalue weighted by molar-refractivity contribution is 0.0600. The number of esters is 1. The predicted molar refractivity (Wildman–Crippen MR) is 75.2 cm³/mol. The lowest BCUT2D eigenvalue weighted by Gasteiger charge is -2.03. The van der Waals surface area contributed by atoms with Gasteiger partial charge in [0.2, 0.25) is 0 Å². The van der Waals surface area contributed by atoms with Crippen molar-refractivity contribution in [3.63, 3.8) is 0 Å². The third-order valence-electron chi connectivity index (χ3n) is 3.19. The number of rotatable bonds is 3. The molecule has 0 atom stereocenters. The maximum Gasteiger partial charge on any atom is 0.339 e. The molecule has 6 nitrogen and oxygen atoms in total. The second kappa shape index (κ2) is 5.24. The molecule has 0 aliphatic rings. The van der Waals surface area contributed by atoms with E-state index in [9.17, 15) is 9.90 Å². The van der Waals surface area contributed by atoms with Gasteiger partial charge in [-0.1, -0.05) is 12.1 Å². The summed E-state index contributed by atoms with van der Waals surface area (Å²) in [6.07, 6.45) is 2.21. The average Bonchev–Trinajstić information content (AvgIpc) is 2.91. The lowest BCUT2D eigenvalue weighted by Crippen LogP contribution is -2.04. The van der Waals surface area contributed by atoms with E-state index in [1.54, 1.807) is 34.9 Å². The highest BCUT2D eigenvalue weighted by Crippen LogP contribution is 2.14. The van der Waals surface area contributed by atoms with E-state index in [2.05, 4.69) is 10.2 Å². The van der Waals surface area contributed by atoms with Gasteiger partial charge < -0.3 is 9.84 Å². The van der Waals surface area contributed by atoms with Crippen molar-refractivity contribution < 1.29 is 14.6 Å². The molecular weight excluding hydrogens is 270 g/mol. The van der Waals surface area contributed by atoms with E-state index < -0.39 is 5.97 Å². The van der Waals surface area contributed by atoms with Gasteiger partial charge in [-0.2, -0.15) is 0 Å². The second-order valence-electron chi connectivity index (χ2n) is 4.60. The summed E-state index contributed by atoms with van der Waals surface area (Å²) in [7, 11) is 1.34. The van der Waals surface area contributed by atoms with Gasteiger partial charge in [0.1, 0.15) is 11.6 Å². The summed E-state index contributed by atoms with van der Waals surface area (Å²) in [4.78, 5) is 11.6. The minimum Gasteiger partial charge on any atom is -0.508 e. The first-order valence-corrected chi connectivity index (χ1v) is 6.37. The van der Waals surface area contributed by atoms with Crippen molar-refractivity contribution in [1.82, 2.24) is 14.6 Å². The van der Waals surface area contributed by atoms with E-state index in [0.29, 0.717) is 23.5 Å². The van der Waals surface area contributed by atoms with Crippen LogP contribution in [0.15, 0.2) is 42.6 Å². The number of benzene rings is 1. The molecule has 0 bridgehead atoms. The molecule has 0 radical (unpaired) electrons. The fourth-order valence-electron chi connectivity index (χ4n) is 2.09. The van der Waals surface area contributed by atoms with Crippen molar-refractivity contribution in [1.29, 1.82) is 0 Å². The molecule has 21 heavy (non-hydrogen) atoms. The first kappa shape index (κ1) is 13.1. The van der Waals surface area contributed by atoms with Gasteiger partial charge in [0, 0.05) is 12.6 Å². The average molecular weight is 283 g/mol. The summed E-state index contributed by atoms with van der Waals surface area (Å²) in [6.45, 7) is 0. The van der Waals surface area contributed by atoms with Gasteiger partial charge in [-0.3, -0.25) is 4.40 Å². The molecule has 0 aliphatic heterocycles. The largest absolute Gasteiger partial charge is 0.508 e. The standard InChI is InChI=1S/C15H13N3O3/c1-21-15(20)11-4-7-13-16-17-14(18(13)9-11)8-10-2-5-12(19)6-3-10/h2-7,9,19H,8H2,1H3. The van der Waals surface area contributed by atoms with Crippen LogP contribution in [0.2, 0.25) is 0 Å². The molecule has 3 aromatic rings. The van der Waals surface area contributed by atoms with Crippen LogP contribution in [0.25, 0.3) is 5.65 Å². The smallest absolute Gasteiger partial charge is 0.339 e. The monoisotopic (exact) mass is 283 g/mol. The Morgan fingerprint density at radius 3 is 2.67 bits per heavy atom. The molecule has 0 spiro atoms. The Labute approximate surface area is 120 Å². The number of hydrogen-bond acceptors (Lipinski definition) is 5. The number of methoxy groups -OCH3 is 1. The van der Waals surface area contributed by atoms with Crippen LogP contribution < -0.4 is 0 Å². The van der Waals surface area contributed by atoms with Crippen molar-refractivity contribution in [3.8, 4) is 5.75 Å². The van der Waals surface area contributed by atoms with Crippen molar-refractivity contribution in [2.75, 3.05) is 7.11 Å². The highest BCUT2D eigenvalue weighted by molar-refractivity contribution is 5.89. The van der Waals surface area contributed by atoms with Gasteiger partial charge in [0.25, 0.3) is 0 Å². The molecule has 106 valence electrons. The van der Waals surface area contributed by atoms with E-state index in [1.165, 1.54) is 7.11 Å². The molecule has 1 N–H and O–H groups in total. The van der Waals surface area contributed by atoms with Gasteiger partial charge >= 0.3 is 5.97 Å². The molecule has 0 amide bonds. The minimum absolute atomic E-state index is 0.220. The molecule has 2 aromatic heterocycles. The third-order valence-corrected chi connectivity index (χ3v) is 3.19. The summed E-state index contributed by atoms with van der Waals surface area (Å²) in [5.41, 5.74) is 2.10. The van der Waals surface area contributed by atoms with Crippen molar-refractivity contribution in [2.24, 2.45) is 0 Å². The number of hydrogen-bond donors (Lipinski definition) is 1. The number of nitrogens with zero attached hydrogens (tertiary/aromatic N) is 3. The topological polar surface area (TPSA) is 76.7 Å². The quantitative estimate of drug-likeness (QED) is 0.742. The maximum atomic E-state index is 11.6. The highest BCUT2D eigenvalue weighted by Gasteiger charge is 2.11. The van der Waals surface area contributed by atoms with E-state index >= 15 is 0 Å². The number of pyridine rings is 1. The Morgan fingerprint density at radius 2 is 1.95 bits per heavy atom. The summed E-state index contributed by atoms with van der Waals surface area (Å²) < 4.78 is 6.48. The molecule has 0 unspecified atom stereocenters. The Hall–Kier alpha value is -2.89. The van der Waals surface area contributed by atoms with Crippen LogP contribution in [-0.2, 0) is 11.2 Å². The Balaban J connectivity index is 1.98. The Kier molecular flexibility index (Phi) is 3.27.